The van der Waals surface area contributed by atoms with E-state index in [2.05, 4.69) is 15.5 Å². The summed E-state index contributed by atoms with van der Waals surface area (Å²) in [6, 6.07) is 10.1. The highest BCUT2D eigenvalue weighted by molar-refractivity contribution is 6.33. The predicted molar refractivity (Wildman–Crippen MR) is 101 cm³/mol. The molecule has 3 heterocycles. The number of benzene rings is 1. The van der Waals surface area contributed by atoms with Gasteiger partial charge < -0.3 is 10.2 Å². The Bertz CT molecular complexity index is 976. The van der Waals surface area contributed by atoms with Crippen LogP contribution < -0.4 is 10.2 Å². The van der Waals surface area contributed by atoms with Gasteiger partial charge in [0, 0.05) is 31.4 Å². The van der Waals surface area contributed by atoms with Gasteiger partial charge in [0.25, 0.3) is 0 Å². The van der Waals surface area contributed by atoms with E-state index < -0.39 is 0 Å². The van der Waals surface area contributed by atoms with Crippen LogP contribution in [-0.4, -0.2) is 33.6 Å². The predicted octanol–water partition coefficient (Wildman–Crippen LogP) is 3.05. The molecule has 4 rings (SSSR count). The minimum absolute atomic E-state index is 0.0743. The zero-order valence-electron chi connectivity index (χ0n) is 14.6. The number of piperidine rings is 1. The molecule has 0 saturated carbocycles. The van der Waals surface area contributed by atoms with Gasteiger partial charge >= 0.3 is 0 Å². The summed E-state index contributed by atoms with van der Waals surface area (Å²) < 4.78 is 15.6. The lowest BCUT2D eigenvalue weighted by Crippen LogP contribution is -2.43. The van der Waals surface area contributed by atoms with Crippen LogP contribution in [0.15, 0.2) is 42.6 Å². The van der Waals surface area contributed by atoms with Crippen molar-refractivity contribution in [3.63, 3.8) is 0 Å². The number of rotatable bonds is 4. The molecule has 0 unspecified atom stereocenters. The third-order valence-electron chi connectivity index (χ3n) is 4.86. The average Bonchev–Trinajstić information content (AvgIpc) is 3.13. The second kappa shape index (κ2) is 7.52. The Morgan fingerprint density at radius 2 is 2.11 bits per heavy atom. The Balaban J connectivity index is 1.45. The molecule has 1 amide bonds. The van der Waals surface area contributed by atoms with Gasteiger partial charge in [-0.05, 0) is 31.0 Å². The first-order valence-electron chi connectivity index (χ1n) is 8.89. The van der Waals surface area contributed by atoms with Gasteiger partial charge in [0.2, 0.25) is 11.9 Å². The highest BCUT2D eigenvalue weighted by Gasteiger charge is 2.28. The number of pyridine rings is 1. The Morgan fingerprint density at radius 3 is 2.96 bits per heavy atom. The van der Waals surface area contributed by atoms with Gasteiger partial charge in [-0.1, -0.05) is 29.8 Å². The van der Waals surface area contributed by atoms with Crippen molar-refractivity contribution in [3.8, 4) is 0 Å². The number of hydrogen-bond donors (Lipinski definition) is 1. The van der Waals surface area contributed by atoms with Crippen LogP contribution in [0.4, 0.5) is 10.3 Å². The van der Waals surface area contributed by atoms with Crippen molar-refractivity contribution in [2.24, 2.45) is 5.92 Å². The van der Waals surface area contributed by atoms with Crippen molar-refractivity contribution >= 4 is 29.1 Å². The van der Waals surface area contributed by atoms with E-state index in [0.717, 1.165) is 19.4 Å². The largest absolute Gasteiger partial charge is 0.352 e. The van der Waals surface area contributed by atoms with Crippen LogP contribution in [0.25, 0.3) is 5.65 Å². The zero-order chi connectivity index (χ0) is 18.8. The zero-order valence-corrected chi connectivity index (χ0v) is 15.4. The molecule has 1 aliphatic rings. The SMILES string of the molecule is O=C(NCc1ccccc1F)[C@H]1CCCN(c2nnc3c(Cl)cccn23)C1. The van der Waals surface area contributed by atoms with Gasteiger partial charge in [-0.3, -0.25) is 9.20 Å². The standard InChI is InChI=1S/C19H19ClFN5O/c20-15-7-4-10-26-17(15)23-24-19(26)25-9-3-6-14(12-25)18(27)22-11-13-5-1-2-8-16(13)21/h1-2,4-5,7-8,10,14H,3,6,9,11-12H2,(H,22,27)/t14-/m0/s1. The van der Waals surface area contributed by atoms with Crippen LogP contribution in [0.1, 0.15) is 18.4 Å². The number of amides is 1. The summed E-state index contributed by atoms with van der Waals surface area (Å²) in [4.78, 5) is 14.6. The van der Waals surface area contributed by atoms with Crippen molar-refractivity contribution in [2.45, 2.75) is 19.4 Å². The quantitative estimate of drug-likeness (QED) is 0.747. The lowest BCUT2D eigenvalue weighted by molar-refractivity contribution is -0.125. The van der Waals surface area contributed by atoms with Crippen molar-refractivity contribution in [3.05, 3.63) is 59.0 Å². The molecule has 1 aliphatic heterocycles. The van der Waals surface area contributed by atoms with Crippen molar-refractivity contribution < 1.29 is 9.18 Å². The molecule has 0 bridgehead atoms. The summed E-state index contributed by atoms with van der Waals surface area (Å²) in [5, 5.41) is 11.8. The maximum absolute atomic E-state index is 13.7. The van der Waals surface area contributed by atoms with Gasteiger partial charge in [-0.2, -0.15) is 0 Å². The average molecular weight is 388 g/mol. The molecule has 1 atom stereocenters. The highest BCUT2D eigenvalue weighted by atomic mass is 35.5. The lowest BCUT2D eigenvalue weighted by Gasteiger charge is -2.32. The normalized spacial score (nSPS) is 17.3. The van der Waals surface area contributed by atoms with Crippen molar-refractivity contribution in [1.82, 2.24) is 19.9 Å². The third-order valence-corrected chi connectivity index (χ3v) is 5.15. The molecule has 0 radical (unpaired) electrons. The summed E-state index contributed by atoms with van der Waals surface area (Å²) >= 11 is 6.16. The van der Waals surface area contributed by atoms with Gasteiger partial charge in [-0.25, -0.2) is 4.39 Å². The van der Waals surface area contributed by atoms with E-state index in [1.807, 2.05) is 21.6 Å². The molecule has 0 spiro atoms. The number of carbonyl (C=O) groups excluding carboxylic acids is 1. The molecule has 27 heavy (non-hydrogen) atoms. The van der Waals surface area contributed by atoms with Crippen LogP contribution in [-0.2, 0) is 11.3 Å². The lowest BCUT2D eigenvalue weighted by atomic mass is 9.97. The monoisotopic (exact) mass is 387 g/mol. The number of carbonyl (C=O) groups is 1. The Morgan fingerprint density at radius 1 is 1.26 bits per heavy atom. The van der Waals surface area contributed by atoms with Crippen LogP contribution in [0.3, 0.4) is 0 Å². The second-order valence-electron chi connectivity index (χ2n) is 6.64. The molecular weight excluding hydrogens is 369 g/mol. The van der Waals surface area contributed by atoms with Gasteiger partial charge in [0.15, 0.2) is 5.65 Å². The number of nitrogens with one attached hydrogen (secondary N) is 1. The fraction of sp³-hybridized carbons (Fsp3) is 0.316. The fourth-order valence-corrected chi connectivity index (χ4v) is 3.63. The number of anilines is 1. The maximum Gasteiger partial charge on any atom is 0.231 e. The summed E-state index contributed by atoms with van der Waals surface area (Å²) in [5.41, 5.74) is 1.08. The Hall–Kier alpha value is -2.67. The molecule has 8 heteroatoms. The van der Waals surface area contributed by atoms with Crippen LogP contribution in [0.2, 0.25) is 5.02 Å². The summed E-state index contributed by atoms with van der Waals surface area (Å²) in [6.45, 7) is 1.52. The maximum atomic E-state index is 13.7. The molecule has 0 aliphatic carbocycles. The summed E-state index contributed by atoms with van der Waals surface area (Å²) in [5.74, 6) is 0.112. The summed E-state index contributed by atoms with van der Waals surface area (Å²) in [7, 11) is 0. The summed E-state index contributed by atoms with van der Waals surface area (Å²) in [6.07, 6.45) is 3.52. The third kappa shape index (κ3) is 3.60. The molecule has 3 aromatic rings. The molecule has 2 aromatic heterocycles. The fourth-order valence-electron chi connectivity index (χ4n) is 3.43. The van der Waals surface area contributed by atoms with Gasteiger partial charge in [0.1, 0.15) is 5.82 Å². The van der Waals surface area contributed by atoms with Crippen molar-refractivity contribution in [2.75, 3.05) is 18.0 Å². The number of aromatic nitrogens is 3. The molecule has 1 aromatic carbocycles. The van der Waals surface area contributed by atoms with E-state index in [-0.39, 0.29) is 24.2 Å². The minimum Gasteiger partial charge on any atom is -0.352 e. The molecule has 1 fully saturated rings. The molecule has 140 valence electrons. The van der Waals surface area contributed by atoms with Crippen LogP contribution >= 0.6 is 11.6 Å². The van der Waals surface area contributed by atoms with Gasteiger partial charge in [0.05, 0.1) is 10.9 Å². The second-order valence-corrected chi connectivity index (χ2v) is 7.05. The van der Waals surface area contributed by atoms with E-state index in [1.165, 1.54) is 6.07 Å². The van der Waals surface area contributed by atoms with E-state index in [0.29, 0.717) is 28.7 Å². The number of nitrogens with zero attached hydrogens (tertiary/aromatic N) is 4. The Labute approximate surface area is 161 Å². The number of halogens is 2. The van der Waals surface area contributed by atoms with Crippen molar-refractivity contribution in [1.29, 1.82) is 0 Å². The highest BCUT2D eigenvalue weighted by Crippen LogP contribution is 2.25. The van der Waals surface area contributed by atoms with E-state index in [4.69, 9.17) is 11.6 Å². The molecule has 6 nitrogen and oxygen atoms in total. The van der Waals surface area contributed by atoms with Gasteiger partial charge in [-0.15, -0.1) is 10.2 Å². The van der Waals surface area contributed by atoms with E-state index >= 15 is 0 Å². The van der Waals surface area contributed by atoms with Crippen LogP contribution in [0.5, 0.6) is 0 Å². The smallest absolute Gasteiger partial charge is 0.231 e. The first kappa shape index (κ1) is 17.7. The number of hydrogen-bond acceptors (Lipinski definition) is 4. The van der Waals surface area contributed by atoms with Crippen LogP contribution in [0, 0.1) is 11.7 Å². The van der Waals surface area contributed by atoms with E-state index in [9.17, 15) is 9.18 Å². The molecule has 1 N–H and O–H groups in total. The minimum atomic E-state index is -0.310. The Kier molecular flexibility index (Phi) is 4.94. The molecule has 1 saturated heterocycles. The first-order chi connectivity index (χ1) is 13.1. The molecular formula is C19H19ClFN5O. The number of fused-ring (bicyclic) bond motifs is 1. The first-order valence-corrected chi connectivity index (χ1v) is 9.26. The van der Waals surface area contributed by atoms with E-state index in [1.54, 1.807) is 24.3 Å². The topological polar surface area (TPSA) is 62.5 Å².